The van der Waals surface area contributed by atoms with E-state index < -0.39 is 161 Å². The van der Waals surface area contributed by atoms with Crippen molar-refractivity contribution in [2.45, 2.75) is 12.4 Å². The van der Waals surface area contributed by atoms with Crippen LogP contribution in [-0.2, 0) is 9.13 Å². The minimum atomic E-state index is -5.63. The van der Waals surface area contributed by atoms with Crippen LogP contribution in [-0.4, -0.2) is 12.4 Å². The van der Waals surface area contributed by atoms with Crippen molar-refractivity contribution < 1.29 is 79.4 Å². The predicted molar refractivity (Wildman–Crippen MR) is 231 cm³/mol. The SMILES string of the molecule is N#CC(=C1c2cc(P(=O)(c3ccccc3)c3c(F)c(F)c(F)c(F)c3F)ccc2-c2cc3c(cc21)/C(=C(\C#N)C(F)(F)F)c1cc(P(=O)(c2ccccc2)c2c(F)c(F)c(F)c(F)c2F)ccc1-3)C(F)(F)F. The molecule has 0 aliphatic heterocycles. The first-order valence-electron chi connectivity index (χ1n) is 20.1. The van der Waals surface area contributed by atoms with Crippen LogP contribution in [0, 0.1) is 80.8 Å². The van der Waals surface area contributed by atoms with Crippen LogP contribution in [0.1, 0.15) is 22.3 Å². The number of hydrogen-bond acceptors (Lipinski definition) is 4. The van der Waals surface area contributed by atoms with Crippen molar-refractivity contribution in [1.29, 1.82) is 10.5 Å². The van der Waals surface area contributed by atoms with Crippen LogP contribution in [0.4, 0.5) is 70.2 Å². The van der Waals surface area contributed by atoms with Crippen molar-refractivity contribution in [3.05, 3.63) is 201 Å². The van der Waals surface area contributed by atoms with Gasteiger partial charge >= 0.3 is 12.4 Å². The summed E-state index contributed by atoms with van der Waals surface area (Å²) in [5.41, 5.74) is -10.8. The molecule has 0 amide bonds. The third kappa shape index (κ3) is 7.05. The second-order valence-corrected chi connectivity index (χ2v) is 21.2. The fourth-order valence-corrected chi connectivity index (χ4v) is 14.5. The van der Waals surface area contributed by atoms with E-state index in [1.54, 1.807) is 0 Å². The molecule has 0 aromatic heterocycles. The maximum Gasteiger partial charge on any atom is 0.426 e. The summed E-state index contributed by atoms with van der Waals surface area (Å²) in [7, 11) is -10.8. The van der Waals surface area contributed by atoms with Crippen molar-refractivity contribution in [1.82, 2.24) is 0 Å². The van der Waals surface area contributed by atoms with Gasteiger partial charge in [-0.2, -0.15) is 36.9 Å². The number of benzene rings is 7. The molecule has 0 N–H and O–H groups in total. The van der Waals surface area contributed by atoms with Crippen LogP contribution in [0.2, 0.25) is 0 Å². The molecule has 0 saturated carbocycles. The molecule has 7 aromatic rings. The number of nitriles is 2. The Morgan fingerprint density at radius 3 is 0.917 bits per heavy atom. The van der Waals surface area contributed by atoms with E-state index >= 15 is 53.0 Å². The molecule has 22 heteroatoms. The molecular weight excluding hydrogens is 1030 g/mol. The highest BCUT2D eigenvalue weighted by atomic mass is 31.2. The van der Waals surface area contributed by atoms with Crippen LogP contribution in [0.15, 0.2) is 120 Å². The van der Waals surface area contributed by atoms with Crippen molar-refractivity contribution in [3.8, 4) is 34.4 Å². The monoisotopic (exact) mass is 1040 g/mol. The minimum Gasteiger partial charge on any atom is -0.308 e. The molecule has 0 saturated heterocycles. The summed E-state index contributed by atoms with van der Waals surface area (Å²) in [4.78, 5) is 0. The number of hydrogen-bond donors (Lipinski definition) is 0. The number of halogens is 16. The molecule has 0 bridgehead atoms. The van der Waals surface area contributed by atoms with Crippen LogP contribution >= 0.6 is 14.3 Å². The van der Waals surface area contributed by atoms with Crippen LogP contribution < -0.4 is 31.8 Å². The molecule has 4 nitrogen and oxygen atoms in total. The van der Waals surface area contributed by atoms with Gasteiger partial charge in [-0.15, -0.1) is 0 Å². The number of alkyl halides is 6. The molecule has 2 aliphatic rings. The second-order valence-electron chi connectivity index (χ2n) is 15.8. The molecule has 2 atom stereocenters. The van der Waals surface area contributed by atoms with Gasteiger partial charge in [-0.25, -0.2) is 43.9 Å². The van der Waals surface area contributed by atoms with Gasteiger partial charge in [-0.3, -0.25) is 0 Å². The van der Waals surface area contributed by atoms with Crippen molar-refractivity contribution in [3.63, 3.8) is 0 Å². The molecule has 0 spiro atoms. The Labute approximate surface area is 393 Å². The van der Waals surface area contributed by atoms with E-state index in [4.69, 9.17) is 0 Å². The number of nitrogens with zero attached hydrogens (tertiary/aromatic N) is 2. The first-order chi connectivity index (χ1) is 33.8. The first kappa shape index (κ1) is 49.3. The zero-order chi connectivity index (χ0) is 52.3. The van der Waals surface area contributed by atoms with E-state index in [-0.39, 0.29) is 22.3 Å². The summed E-state index contributed by atoms with van der Waals surface area (Å²) in [6, 6.07) is 19.4. The highest BCUT2D eigenvalue weighted by Gasteiger charge is 2.47. The minimum absolute atomic E-state index is 0.340. The summed E-state index contributed by atoms with van der Waals surface area (Å²) in [5.74, 6) is -25.6. The van der Waals surface area contributed by atoms with Crippen molar-refractivity contribution >= 4 is 57.3 Å². The Bertz CT molecular complexity index is 3510. The first-order valence-corrected chi connectivity index (χ1v) is 23.5. The maximum atomic E-state index is 15.7. The van der Waals surface area contributed by atoms with Crippen LogP contribution in [0.3, 0.4) is 0 Å². The van der Waals surface area contributed by atoms with Gasteiger partial charge in [0.05, 0.1) is 10.6 Å². The van der Waals surface area contributed by atoms with Crippen molar-refractivity contribution in [2.24, 2.45) is 0 Å². The third-order valence-corrected chi connectivity index (χ3v) is 18.2. The van der Waals surface area contributed by atoms with Gasteiger partial charge in [0.2, 0.25) is 11.6 Å². The summed E-state index contributed by atoms with van der Waals surface area (Å²) in [5, 5.41) is 13.5. The zero-order valence-corrected chi connectivity index (χ0v) is 36.8. The summed E-state index contributed by atoms with van der Waals surface area (Å²) in [6.07, 6.45) is -11.3. The molecule has 72 heavy (non-hydrogen) atoms. The lowest BCUT2D eigenvalue weighted by molar-refractivity contribution is -0.0876. The topological polar surface area (TPSA) is 81.7 Å². The fourth-order valence-electron chi connectivity index (χ4n) is 8.98. The molecular formula is C50H18F16N2O2P2. The average molecular weight is 1040 g/mol. The summed E-state index contributed by atoms with van der Waals surface area (Å²) >= 11 is 0. The van der Waals surface area contributed by atoms with Gasteiger partial charge < -0.3 is 9.13 Å². The number of allylic oxidation sites excluding steroid dienone is 2. The Morgan fingerprint density at radius 2 is 0.625 bits per heavy atom. The molecule has 2 unspecified atom stereocenters. The lowest BCUT2D eigenvalue weighted by Gasteiger charge is -2.23. The predicted octanol–water partition coefficient (Wildman–Crippen LogP) is 12.1. The standard InChI is InChI=1S/C50H18F16N2O2P2/c51-37-39(53)43(57)47(44(58)40(37)54)71(69,21-7-3-1-4-8-21)23-11-13-25-27-17-28-26-14-12-24(72(70,22-9-5-2-6-10-22)48-45(59)41(55)38(52)42(56)46(48)60)16-30(26)36(34(20-68)50(64,65)66)32(28)18-31(27)35(29(25)15-23)33(19-67)49(61,62)63/h1-18H/b35-33+,36-34?. The Morgan fingerprint density at radius 1 is 0.347 bits per heavy atom. The third-order valence-electron chi connectivity index (χ3n) is 12.1. The van der Waals surface area contributed by atoms with Gasteiger partial charge in [0.25, 0.3) is 0 Å². The summed E-state index contributed by atoms with van der Waals surface area (Å²) in [6.45, 7) is 0. The Balaban J connectivity index is 1.36. The van der Waals surface area contributed by atoms with E-state index in [1.165, 1.54) is 12.1 Å². The quantitative estimate of drug-likeness (QED) is 0.0546. The molecule has 362 valence electrons. The van der Waals surface area contributed by atoms with E-state index in [0.717, 1.165) is 91.0 Å². The second kappa shape index (κ2) is 17.0. The van der Waals surface area contributed by atoms with Gasteiger partial charge in [0, 0.05) is 32.4 Å². The molecule has 9 rings (SSSR count). The molecule has 2 aliphatic carbocycles. The Kier molecular flexibility index (Phi) is 11.6. The van der Waals surface area contributed by atoms with Gasteiger partial charge in [0.1, 0.15) is 23.3 Å². The Hall–Kier alpha value is -7.66. The highest BCUT2D eigenvalue weighted by Crippen LogP contribution is 2.57. The van der Waals surface area contributed by atoms with Gasteiger partial charge in [0.15, 0.2) is 60.8 Å². The number of fused-ring (bicyclic) bond motifs is 6. The van der Waals surface area contributed by atoms with Gasteiger partial charge in [-0.05, 0) is 68.8 Å². The fraction of sp³-hybridized carbons (Fsp3) is 0.0400. The smallest absolute Gasteiger partial charge is 0.308 e. The lowest BCUT2D eigenvalue weighted by Crippen LogP contribution is -2.32. The molecule has 7 aromatic carbocycles. The maximum absolute atomic E-state index is 15.7. The molecule has 0 radical (unpaired) electrons. The van der Waals surface area contributed by atoms with E-state index in [9.17, 15) is 36.9 Å². The van der Waals surface area contributed by atoms with E-state index in [2.05, 4.69) is 0 Å². The van der Waals surface area contributed by atoms with Crippen molar-refractivity contribution in [2.75, 3.05) is 0 Å². The molecule has 0 heterocycles. The normalized spacial score (nSPS) is 15.9. The largest absolute Gasteiger partial charge is 0.426 e. The van der Waals surface area contributed by atoms with Crippen LogP contribution in [0.5, 0.6) is 0 Å². The van der Waals surface area contributed by atoms with Crippen LogP contribution in [0.25, 0.3) is 33.4 Å². The molecule has 0 fully saturated rings. The zero-order valence-electron chi connectivity index (χ0n) is 35.0. The number of rotatable bonds is 6. The average Bonchev–Trinajstić information content (AvgIpc) is 3.83. The summed E-state index contributed by atoms with van der Waals surface area (Å²) < 4.78 is 271. The van der Waals surface area contributed by atoms with Gasteiger partial charge in [-0.1, -0.05) is 84.9 Å². The highest BCUT2D eigenvalue weighted by molar-refractivity contribution is 7.85. The van der Waals surface area contributed by atoms with E-state index in [1.807, 2.05) is 0 Å². The van der Waals surface area contributed by atoms with E-state index in [0.29, 0.717) is 18.2 Å². The lowest BCUT2D eigenvalue weighted by atomic mass is 9.92.